The van der Waals surface area contributed by atoms with Crippen molar-refractivity contribution < 1.29 is 33.6 Å². The van der Waals surface area contributed by atoms with Gasteiger partial charge in [-0.05, 0) is 39.9 Å². The first-order chi connectivity index (χ1) is 34.2. The molecule has 0 spiro atoms. The van der Waals surface area contributed by atoms with Crippen molar-refractivity contribution in [3.63, 3.8) is 0 Å². The van der Waals surface area contributed by atoms with Gasteiger partial charge in [-0.1, -0.05) is 183 Å². The lowest BCUT2D eigenvalue weighted by Crippen LogP contribution is -2.51. The number of carbonyl (C=O) groups excluding carboxylic acids is 7. The number of carbonyl (C=O) groups is 7. The Labute approximate surface area is 416 Å². The van der Waals surface area contributed by atoms with E-state index in [9.17, 15) is 33.6 Å². The predicted molar refractivity (Wildman–Crippen MR) is 274 cm³/mol. The molecule has 7 amide bonds. The molecule has 0 aliphatic carbocycles. The summed E-state index contributed by atoms with van der Waals surface area (Å²) < 4.78 is 0. The van der Waals surface area contributed by atoms with Crippen molar-refractivity contribution >= 4 is 49.4 Å². The molecule has 6 aromatic rings. The quantitative estimate of drug-likeness (QED) is 0.0514. The van der Waals surface area contributed by atoms with E-state index in [0.717, 1.165) is 27.2 Å². The summed E-state index contributed by atoms with van der Waals surface area (Å²) >= 11 is 0. The van der Waals surface area contributed by atoms with E-state index in [1.807, 2.05) is 132 Å². The summed E-state index contributed by atoms with van der Waals surface area (Å²) in [5, 5.41) is 0. The number of hydrogen-bond acceptors (Lipinski definition) is 7. The Hall–Kier alpha value is -7.97. The third-order valence-corrected chi connectivity index (χ3v) is 13.3. The van der Waals surface area contributed by atoms with E-state index in [-0.39, 0.29) is 49.8 Å². The highest BCUT2D eigenvalue weighted by Crippen LogP contribution is 2.23. The number of hydrogen-bond donors (Lipinski definition) is 0. The van der Waals surface area contributed by atoms with E-state index in [0.29, 0.717) is 18.3 Å². The highest BCUT2D eigenvalue weighted by Gasteiger charge is 2.38. The molecule has 6 aromatic carbocycles. The maximum Gasteiger partial charge on any atom is 0.262 e. The maximum absolute atomic E-state index is 14.9. The number of amides is 7. The topological polar surface area (TPSA) is 139 Å². The Morgan fingerprint density at radius 2 is 0.592 bits per heavy atom. The van der Waals surface area contributed by atoms with E-state index < -0.39 is 69.7 Å². The van der Waals surface area contributed by atoms with E-state index in [1.54, 1.807) is 36.4 Å². The van der Waals surface area contributed by atoms with E-state index >= 15 is 0 Å². The Kier molecular flexibility index (Phi) is 17.2. The van der Waals surface area contributed by atoms with Crippen molar-refractivity contribution in [3.05, 3.63) is 215 Å². The lowest BCUT2D eigenvalue weighted by molar-refractivity contribution is -0.148. The molecule has 0 saturated heterocycles. The van der Waals surface area contributed by atoms with E-state index in [1.165, 1.54) is 31.7 Å². The first-order valence-electron chi connectivity index (χ1n) is 23.7. The van der Waals surface area contributed by atoms with Gasteiger partial charge >= 0.3 is 0 Å². The fourth-order valence-electron chi connectivity index (χ4n) is 8.42. The third-order valence-electron chi connectivity index (χ3n) is 12.0. The molecule has 71 heavy (non-hydrogen) atoms. The smallest absolute Gasteiger partial charge is 0.262 e. The van der Waals surface area contributed by atoms with Crippen LogP contribution >= 0.6 is 0 Å². The molecule has 0 saturated carbocycles. The molecular weight excluding hydrogens is 909 g/mol. The molecule has 14 heteroatoms. The van der Waals surface area contributed by atoms with Crippen LogP contribution in [0.3, 0.4) is 0 Å². The van der Waals surface area contributed by atoms with Crippen LogP contribution in [0.5, 0.6) is 0 Å². The van der Waals surface area contributed by atoms with Crippen LogP contribution in [0.2, 0.25) is 19.6 Å². The molecular formula is C57H60N6O7Si. The van der Waals surface area contributed by atoms with Crippen LogP contribution in [0.4, 0.5) is 0 Å². The van der Waals surface area contributed by atoms with Crippen molar-refractivity contribution in [2.75, 3.05) is 38.9 Å². The Morgan fingerprint density at radius 3 is 0.873 bits per heavy atom. The lowest BCUT2D eigenvalue weighted by Gasteiger charge is -2.33. The number of benzene rings is 6. The number of nitrogens with zero attached hydrogens (tertiary/aromatic N) is 6. The van der Waals surface area contributed by atoms with Gasteiger partial charge in [-0.3, -0.25) is 38.5 Å². The Bertz CT molecular complexity index is 2760. The van der Waals surface area contributed by atoms with Gasteiger partial charge in [-0.2, -0.15) is 0 Å². The van der Waals surface area contributed by atoms with Gasteiger partial charge in [0.2, 0.25) is 29.5 Å². The van der Waals surface area contributed by atoms with Gasteiger partial charge in [-0.25, -0.2) is 0 Å². The van der Waals surface area contributed by atoms with Crippen LogP contribution in [-0.4, -0.2) is 118 Å². The van der Waals surface area contributed by atoms with Crippen LogP contribution in [0, 0.1) is 0 Å². The number of rotatable bonds is 22. The second-order valence-corrected chi connectivity index (χ2v) is 24.4. The molecule has 13 nitrogen and oxygen atoms in total. The van der Waals surface area contributed by atoms with Crippen LogP contribution < -0.4 is 0 Å². The van der Waals surface area contributed by atoms with Crippen molar-refractivity contribution in [2.45, 2.75) is 52.4 Å². The van der Waals surface area contributed by atoms with Gasteiger partial charge in [0, 0.05) is 38.9 Å². The maximum atomic E-state index is 14.9. The second kappa shape index (κ2) is 24.0. The highest BCUT2D eigenvalue weighted by atomic mass is 28.3. The SMILES string of the molecule is C[Si](C)(C)CN(Cc1ccccc1)C(=O)CN(Cc1ccccc1)C(=O)CN(Cc1ccccc1)C(=O)CN(Cc1ccccc1)C(=O)CN(Cc1ccccc1)C(=O)CN1C(=O)c2ccccc2C1=O. The summed E-state index contributed by atoms with van der Waals surface area (Å²) in [6.45, 7) is 4.94. The molecule has 0 N–H and O–H groups in total. The zero-order valence-electron chi connectivity index (χ0n) is 40.6. The van der Waals surface area contributed by atoms with Crippen LogP contribution in [-0.2, 0) is 56.7 Å². The minimum absolute atomic E-state index is 0.00666. The van der Waals surface area contributed by atoms with Gasteiger partial charge in [0.15, 0.2) is 0 Å². The lowest BCUT2D eigenvalue weighted by atomic mass is 10.1. The third kappa shape index (κ3) is 14.5. The first kappa shape index (κ1) is 50.9. The molecule has 1 aliphatic heterocycles. The molecule has 0 radical (unpaired) electrons. The van der Waals surface area contributed by atoms with Gasteiger partial charge in [0.25, 0.3) is 11.8 Å². The van der Waals surface area contributed by atoms with Crippen molar-refractivity contribution in [1.29, 1.82) is 0 Å². The molecule has 1 aliphatic rings. The average molecular weight is 969 g/mol. The minimum atomic E-state index is -1.82. The molecule has 7 rings (SSSR count). The van der Waals surface area contributed by atoms with E-state index in [4.69, 9.17) is 0 Å². The standard InChI is InChI=1S/C57H60N6O7Si/c1-71(2,3)43-62(37-48-29-17-8-18-30-48)54(67)41-60(35-46-25-13-6-14-26-46)52(65)39-58(33-44-21-9-4-10-22-44)51(64)38-59(34-45-23-11-5-12-24-45)53(66)40-61(36-47-27-15-7-16-28-47)55(68)42-63-56(69)49-31-19-20-32-50(49)57(63)70/h4-32H,33-43H2,1-3H3. The van der Waals surface area contributed by atoms with Gasteiger partial charge < -0.3 is 24.5 Å². The zero-order chi connectivity index (χ0) is 50.3. The first-order valence-corrected chi connectivity index (χ1v) is 27.4. The summed E-state index contributed by atoms with van der Waals surface area (Å²) in [6.07, 6.45) is 0.579. The normalized spacial score (nSPS) is 12.0. The van der Waals surface area contributed by atoms with Crippen molar-refractivity contribution in [2.24, 2.45) is 0 Å². The monoisotopic (exact) mass is 968 g/mol. The average Bonchev–Trinajstić information content (AvgIpc) is 3.60. The van der Waals surface area contributed by atoms with Crippen LogP contribution in [0.1, 0.15) is 48.5 Å². The summed E-state index contributed by atoms with van der Waals surface area (Å²) in [6, 6.07) is 52.9. The summed E-state index contributed by atoms with van der Waals surface area (Å²) in [4.78, 5) is 108. The van der Waals surface area contributed by atoms with Gasteiger partial charge in [0.05, 0.1) is 19.2 Å². The minimum Gasteiger partial charge on any atom is -0.340 e. The van der Waals surface area contributed by atoms with Crippen molar-refractivity contribution in [3.8, 4) is 0 Å². The fourth-order valence-corrected chi connectivity index (χ4v) is 9.86. The summed E-state index contributed by atoms with van der Waals surface area (Å²) in [7, 11) is -1.82. The van der Waals surface area contributed by atoms with Crippen LogP contribution in [0.25, 0.3) is 0 Å². The molecule has 0 aromatic heterocycles. The molecule has 0 atom stereocenters. The summed E-state index contributed by atoms with van der Waals surface area (Å²) in [5.74, 6) is -3.61. The largest absolute Gasteiger partial charge is 0.340 e. The molecule has 0 unspecified atom stereocenters. The highest BCUT2D eigenvalue weighted by molar-refractivity contribution is 6.76. The molecule has 364 valence electrons. The molecule has 1 heterocycles. The zero-order valence-corrected chi connectivity index (χ0v) is 41.6. The Balaban J connectivity index is 1.16. The van der Waals surface area contributed by atoms with E-state index in [2.05, 4.69) is 19.6 Å². The molecule has 0 bridgehead atoms. The fraction of sp³-hybridized carbons (Fsp3) is 0.246. The predicted octanol–water partition coefficient (Wildman–Crippen LogP) is 7.30. The second-order valence-electron chi connectivity index (χ2n) is 19.0. The molecule has 0 fully saturated rings. The summed E-state index contributed by atoms with van der Waals surface area (Å²) in [5.41, 5.74) is 4.36. The van der Waals surface area contributed by atoms with Gasteiger partial charge in [0.1, 0.15) is 32.7 Å². The number of imide groups is 1. The number of fused-ring (bicyclic) bond motifs is 1. The van der Waals surface area contributed by atoms with Gasteiger partial charge in [-0.15, -0.1) is 0 Å². The van der Waals surface area contributed by atoms with Crippen molar-refractivity contribution in [1.82, 2.24) is 29.4 Å². The Morgan fingerprint density at radius 1 is 0.352 bits per heavy atom. The van der Waals surface area contributed by atoms with Crippen LogP contribution in [0.15, 0.2) is 176 Å².